The minimum Gasteiger partial charge on any atom is -0.504 e. The molecule has 1 saturated heterocycles. The third-order valence-electron chi connectivity index (χ3n) is 4.57. The molecular formula is C18H25N3O2. The molecule has 1 atom stereocenters. The minimum atomic E-state index is 0.188. The van der Waals surface area contributed by atoms with Gasteiger partial charge in [0.25, 0.3) is 0 Å². The zero-order valence-corrected chi connectivity index (χ0v) is 13.9. The molecule has 2 heterocycles. The number of aromatic hydroxyl groups is 1. The number of aryl methyl sites for hydroxylation is 1. The molecule has 1 aliphatic rings. The smallest absolute Gasteiger partial charge is 0.160 e. The van der Waals surface area contributed by atoms with Crippen LogP contribution in [0.4, 0.5) is 0 Å². The van der Waals surface area contributed by atoms with Gasteiger partial charge in [-0.2, -0.15) is 5.10 Å². The first kappa shape index (κ1) is 15.9. The fraction of sp³-hybridized carbons (Fsp3) is 0.500. The highest BCUT2D eigenvalue weighted by molar-refractivity contribution is 5.41. The summed E-state index contributed by atoms with van der Waals surface area (Å²) in [4.78, 5) is 2.50. The van der Waals surface area contributed by atoms with Crippen LogP contribution in [0.15, 0.2) is 30.5 Å². The Balaban J connectivity index is 1.82. The van der Waals surface area contributed by atoms with Gasteiger partial charge < -0.3 is 9.84 Å². The van der Waals surface area contributed by atoms with Crippen molar-refractivity contribution < 1.29 is 9.84 Å². The summed E-state index contributed by atoms with van der Waals surface area (Å²) < 4.78 is 7.11. The number of phenolic OH excluding ortho intramolecular Hbond substituents is 1. The Morgan fingerprint density at radius 2 is 2.13 bits per heavy atom. The summed E-state index contributed by atoms with van der Waals surface area (Å²) in [5.74, 6) is 0.722. The van der Waals surface area contributed by atoms with E-state index >= 15 is 0 Å². The Labute approximate surface area is 137 Å². The number of phenols is 1. The number of aromatic nitrogens is 2. The van der Waals surface area contributed by atoms with Gasteiger partial charge in [0.1, 0.15) is 0 Å². The summed E-state index contributed by atoms with van der Waals surface area (Å²) in [6.07, 6.45) is 6.90. The minimum absolute atomic E-state index is 0.188. The first-order valence-electron chi connectivity index (χ1n) is 8.27. The number of ether oxygens (including phenoxy) is 1. The van der Waals surface area contributed by atoms with E-state index in [0.29, 0.717) is 11.8 Å². The fourth-order valence-electron chi connectivity index (χ4n) is 3.36. The SMILES string of the molecule is COc1cc(CN2CCCCC[C@@H]2c2ccn(C)n2)ccc1O. The van der Waals surface area contributed by atoms with E-state index in [2.05, 4.69) is 16.1 Å². The molecule has 0 radical (unpaired) electrons. The quantitative estimate of drug-likeness (QED) is 0.941. The highest BCUT2D eigenvalue weighted by Gasteiger charge is 2.24. The summed E-state index contributed by atoms with van der Waals surface area (Å²) in [6.45, 7) is 1.92. The molecule has 2 aromatic rings. The van der Waals surface area contributed by atoms with E-state index in [0.717, 1.165) is 30.8 Å². The molecule has 3 rings (SSSR count). The van der Waals surface area contributed by atoms with E-state index in [1.54, 1.807) is 13.2 Å². The molecule has 0 saturated carbocycles. The van der Waals surface area contributed by atoms with Gasteiger partial charge in [-0.3, -0.25) is 9.58 Å². The van der Waals surface area contributed by atoms with Crippen LogP contribution in [0.2, 0.25) is 0 Å². The first-order valence-corrected chi connectivity index (χ1v) is 8.27. The maximum atomic E-state index is 9.77. The number of nitrogens with zero attached hydrogens (tertiary/aromatic N) is 3. The van der Waals surface area contributed by atoms with E-state index in [9.17, 15) is 5.11 Å². The van der Waals surface area contributed by atoms with Crippen LogP contribution in [0.5, 0.6) is 11.5 Å². The van der Waals surface area contributed by atoms with Gasteiger partial charge in [-0.1, -0.05) is 18.9 Å². The highest BCUT2D eigenvalue weighted by atomic mass is 16.5. The van der Waals surface area contributed by atoms with Crippen LogP contribution in [0.1, 0.15) is 43.0 Å². The summed E-state index contributed by atoms with van der Waals surface area (Å²) >= 11 is 0. The number of methoxy groups -OCH3 is 1. The maximum absolute atomic E-state index is 9.77. The van der Waals surface area contributed by atoms with Gasteiger partial charge in [-0.05, 0) is 43.1 Å². The molecule has 124 valence electrons. The van der Waals surface area contributed by atoms with Crippen molar-refractivity contribution in [1.82, 2.24) is 14.7 Å². The molecule has 5 heteroatoms. The van der Waals surface area contributed by atoms with Crippen molar-refractivity contribution in [2.45, 2.75) is 38.3 Å². The van der Waals surface area contributed by atoms with Crippen molar-refractivity contribution in [1.29, 1.82) is 0 Å². The summed E-state index contributed by atoms with van der Waals surface area (Å²) in [6, 6.07) is 8.09. The molecule has 0 unspecified atom stereocenters. The number of rotatable bonds is 4. The van der Waals surface area contributed by atoms with Crippen molar-refractivity contribution in [3.8, 4) is 11.5 Å². The molecule has 0 spiro atoms. The Bertz CT molecular complexity index is 653. The Hall–Kier alpha value is -2.01. The van der Waals surface area contributed by atoms with Crippen molar-refractivity contribution in [3.05, 3.63) is 41.7 Å². The van der Waals surface area contributed by atoms with E-state index < -0.39 is 0 Å². The first-order chi connectivity index (χ1) is 11.2. The second kappa shape index (κ2) is 7.04. The topological polar surface area (TPSA) is 50.5 Å². The van der Waals surface area contributed by atoms with Crippen LogP contribution < -0.4 is 4.74 Å². The van der Waals surface area contributed by atoms with Crippen molar-refractivity contribution >= 4 is 0 Å². The summed E-state index contributed by atoms with van der Waals surface area (Å²) in [5.41, 5.74) is 2.31. The van der Waals surface area contributed by atoms with Gasteiger partial charge in [-0.15, -0.1) is 0 Å². The van der Waals surface area contributed by atoms with Gasteiger partial charge >= 0.3 is 0 Å². The molecule has 1 aliphatic heterocycles. The van der Waals surface area contributed by atoms with Crippen LogP contribution in [-0.4, -0.2) is 33.4 Å². The van der Waals surface area contributed by atoms with E-state index in [1.165, 1.54) is 19.3 Å². The molecule has 5 nitrogen and oxygen atoms in total. The van der Waals surface area contributed by atoms with Crippen LogP contribution in [0, 0.1) is 0 Å². The van der Waals surface area contributed by atoms with Gasteiger partial charge in [-0.25, -0.2) is 0 Å². The van der Waals surface area contributed by atoms with Crippen LogP contribution in [0.3, 0.4) is 0 Å². The average molecular weight is 315 g/mol. The molecular weight excluding hydrogens is 290 g/mol. The highest BCUT2D eigenvalue weighted by Crippen LogP contribution is 2.32. The van der Waals surface area contributed by atoms with Crippen molar-refractivity contribution in [3.63, 3.8) is 0 Å². The second-order valence-corrected chi connectivity index (χ2v) is 6.26. The average Bonchev–Trinajstić information content (AvgIpc) is 2.84. The van der Waals surface area contributed by atoms with E-state index in [4.69, 9.17) is 4.74 Å². The number of likely N-dealkylation sites (tertiary alicyclic amines) is 1. The van der Waals surface area contributed by atoms with Crippen molar-refractivity contribution in [2.75, 3.05) is 13.7 Å². The predicted molar refractivity (Wildman–Crippen MR) is 89.5 cm³/mol. The van der Waals surface area contributed by atoms with Gasteiger partial charge in [0.2, 0.25) is 0 Å². The standard InChI is InChI=1S/C18H25N3O2/c1-20-11-9-15(19-20)16-6-4-3-5-10-21(16)13-14-7-8-17(22)18(12-14)23-2/h7-9,11-12,16,22H,3-6,10,13H2,1-2H3/t16-/m1/s1. The number of benzene rings is 1. The normalized spacial score (nSPS) is 19.5. The molecule has 1 aromatic carbocycles. The predicted octanol–water partition coefficient (Wildman–Crippen LogP) is 3.25. The summed E-state index contributed by atoms with van der Waals surface area (Å²) in [7, 11) is 3.55. The third kappa shape index (κ3) is 3.67. The van der Waals surface area contributed by atoms with Crippen LogP contribution >= 0.6 is 0 Å². The Kier molecular flexibility index (Phi) is 4.86. The number of hydrogen-bond acceptors (Lipinski definition) is 4. The zero-order chi connectivity index (χ0) is 16.2. The lowest BCUT2D eigenvalue weighted by Gasteiger charge is -2.29. The maximum Gasteiger partial charge on any atom is 0.160 e. The molecule has 1 aromatic heterocycles. The lowest BCUT2D eigenvalue weighted by molar-refractivity contribution is 0.188. The molecule has 1 fully saturated rings. The van der Waals surface area contributed by atoms with Gasteiger partial charge in [0.05, 0.1) is 18.8 Å². The molecule has 1 N–H and O–H groups in total. The largest absolute Gasteiger partial charge is 0.504 e. The van der Waals surface area contributed by atoms with E-state index in [-0.39, 0.29) is 5.75 Å². The second-order valence-electron chi connectivity index (χ2n) is 6.26. The van der Waals surface area contributed by atoms with Crippen LogP contribution in [-0.2, 0) is 13.6 Å². The fourth-order valence-corrected chi connectivity index (χ4v) is 3.36. The van der Waals surface area contributed by atoms with Gasteiger partial charge in [0.15, 0.2) is 11.5 Å². The summed E-state index contributed by atoms with van der Waals surface area (Å²) in [5, 5.41) is 14.4. The lowest BCUT2D eigenvalue weighted by Crippen LogP contribution is -2.28. The molecule has 0 aliphatic carbocycles. The Morgan fingerprint density at radius 1 is 1.26 bits per heavy atom. The van der Waals surface area contributed by atoms with E-state index in [1.807, 2.05) is 30.1 Å². The lowest BCUT2D eigenvalue weighted by atomic mass is 10.1. The van der Waals surface area contributed by atoms with Crippen LogP contribution in [0.25, 0.3) is 0 Å². The molecule has 0 amide bonds. The van der Waals surface area contributed by atoms with Gasteiger partial charge in [0, 0.05) is 19.8 Å². The Morgan fingerprint density at radius 3 is 2.87 bits per heavy atom. The molecule has 23 heavy (non-hydrogen) atoms. The third-order valence-corrected chi connectivity index (χ3v) is 4.57. The monoisotopic (exact) mass is 315 g/mol. The van der Waals surface area contributed by atoms with Crippen molar-refractivity contribution in [2.24, 2.45) is 7.05 Å². The molecule has 0 bridgehead atoms. The zero-order valence-electron chi connectivity index (χ0n) is 13.9. The number of hydrogen-bond donors (Lipinski definition) is 1.